The lowest BCUT2D eigenvalue weighted by molar-refractivity contribution is -0.127. The number of thiophene rings is 1. The van der Waals surface area contributed by atoms with Crippen molar-refractivity contribution in [3.8, 4) is 34.1 Å². The molecule has 44 heavy (non-hydrogen) atoms. The van der Waals surface area contributed by atoms with E-state index in [9.17, 15) is 35.9 Å². The van der Waals surface area contributed by atoms with Crippen molar-refractivity contribution < 1.29 is 49.2 Å². The summed E-state index contributed by atoms with van der Waals surface area (Å²) in [4.78, 5) is 17.9. The van der Waals surface area contributed by atoms with E-state index in [0.29, 0.717) is 11.8 Å². The number of carbonyl (C=O) groups excluding carboxylic acids is 1. The van der Waals surface area contributed by atoms with Gasteiger partial charge in [-0.25, -0.2) is 13.8 Å². The summed E-state index contributed by atoms with van der Waals surface area (Å²) in [7, 11) is -6.18. The number of carbonyl (C=O) groups is 1. The van der Waals surface area contributed by atoms with E-state index in [1.165, 1.54) is 29.3 Å². The first kappa shape index (κ1) is 31.3. The fourth-order valence-corrected chi connectivity index (χ4v) is 6.12. The molecule has 5 rings (SSSR count). The molecule has 1 N–H and O–H groups in total. The second-order valence-corrected chi connectivity index (χ2v) is 12.4. The summed E-state index contributed by atoms with van der Waals surface area (Å²) in [5.41, 5.74) is -6.13. The van der Waals surface area contributed by atoms with E-state index in [2.05, 4.69) is 20.8 Å². The maximum atomic E-state index is 15.7. The van der Waals surface area contributed by atoms with Crippen LogP contribution in [0.15, 0.2) is 42.3 Å². The minimum Gasteiger partial charge on any atom is -0.490 e. The van der Waals surface area contributed by atoms with Crippen molar-refractivity contribution in [3.63, 3.8) is 0 Å². The number of nitrogens with zero attached hydrogens (tertiary/aromatic N) is 4. The Bertz CT molecular complexity index is 1890. The molecule has 1 aliphatic heterocycles. The second kappa shape index (κ2) is 11.4. The fourth-order valence-electron chi connectivity index (χ4n) is 4.75. The van der Waals surface area contributed by atoms with Crippen LogP contribution < -0.4 is 8.92 Å². The molecule has 3 aromatic heterocycles. The minimum atomic E-state index is -6.18. The summed E-state index contributed by atoms with van der Waals surface area (Å²) in [5.74, 6) is -3.82. The lowest BCUT2D eigenvalue weighted by atomic mass is 9.98. The number of hydrogen-bond acceptors (Lipinski definition) is 9. The van der Waals surface area contributed by atoms with Gasteiger partial charge >= 0.3 is 15.6 Å². The van der Waals surface area contributed by atoms with Crippen LogP contribution in [0.4, 0.5) is 22.0 Å². The molecule has 0 radical (unpaired) electrons. The average molecular weight is 659 g/mol. The van der Waals surface area contributed by atoms with Crippen molar-refractivity contribution >= 4 is 37.4 Å². The third-order valence-corrected chi connectivity index (χ3v) is 8.47. The molecule has 1 aliphatic rings. The number of aliphatic hydroxyl groups excluding tert-OH is 1. The standard InChI is InChI=1S/C27H23F5N4O6S2/c1-4-21(38)35-10-13(2)36-16(11-35)9-19(34-36)24-23(22-18(29)7-15(28)8-20(22)41-12-14(3)37)25-17(5-6-43-25)26(33-24)42-44(39,40)27(30,31)32/h4-9,13-14,37H,1,10-12H2,2-3H3/t13-,14+/m0/s1. The van der Waals surface area contributed by atoms with Gasteiger partial charge in [-0.2, -0.15) is 26.7 Å². The van der Waals surface area contributed by atoms with Gasteiger partial charge in [0.15, 0.2) is 0 Å². The van der Waals surface area contributed by atoms with Crippen LogP contribution in [0, 0.1) is 11.6 Å². The quantitative estimate of drug-likeness (QED) is 0.119. The molecule has 2 atom stereocenters. The van der Waals surface area contributed by atoms with Crippen LogP contribution in [0.2, 0.25) is 0 Å². The van der Waals surface area contributed by atoms with Crippen molar-refractivity contribution in [1.82, 2.24) is 19.7 Å². The normalized spacial score (nSPS) is 16.1. The Morgan fingerprint density at radius 2 is 2.00 bits per heavy atom. The number of hydrogen-bond donors (Lipinski definition) is 1. The molecular weight excluding hydrogens is 635 g/mol. The Kier molecular flexibility index (Phi) is 8.15. The Hall–Kier alpha value is -4.09. The SMILES string of the molecule is C=CC(=O)N1Cc2cc(-c3nc(OS(=O)(=O)C(F)(F)F)c4ccsc4c3-c3c(F)cc(F)cc3OC[C@@H](C)O)nn2[C@@H](C)C1. The van der Waals surface area contributed by atoms with Gasteiger partial charge in [0.1, 0.15) is 35.4 Å². The zero-order valence-corrected chi connectivity index (χ0v) is 24.6. The summed E-state index contributed by atoms with van der Waals surface area (Å²) in [6, 6.07) is 3.73. The molecule has 10 nitrogen and oxygen atoms in total. The molecule has 0 saturated heterocycles. The number of halogens is 5. The van der Waals surface area contributed by atoms with Crippen LogP contribution >= 0.6 is 11.3 Å². The molecule has 0 bridgehead atoms. The number of aliphatic hydroxyl groups is 1. The molecule has 0 saturated carbocycles. The van der Waals surface area contributed by atoms with Gasteiger partial charge in [0, 0.05) is 24.2 Å². The number of pyridine rings is 1. The monoisotopic (exact) mass is 658 g/mol. The molecule has 0 aliphatic carbocycles. The Labute approximate surface area is 251 Å². The molecule has 1 amide bonds. The van der Waals surface area contributed by atoms with E-state index in [0.717, 1.165) is 23.5 Å². The number of ether oxygens (including phenoxy) is 1. The van der Waals surface area contributed by atoms with Gasteiger partial charge in [-0.05, 0) is 37.4 Å². The van der Waals surface area contributed by atoms with Crippen LogP contribution in [0.3, 0.4) is 0 Å². The predicted molar refractivity (Wildman–Crippen MR) is 149 cm³/mol. The highest BCUT2D eigenvalue weighted by Crippen LogP contribution is 2.47. The average Bonchev–Trinajstić information content (AvgIpc) is 3.59. The molecular formula is C27H23F5N4O6S2. The van der Waals surface area contributed by atoms with Crippen molar-refractivity contribution in [3.05, 3.63) is 59.6 Å². The fraction of sp³-hybridized carbons (Fsp3) is 0.296. The van der Waals surface area contributed by atoms with Crippen molar-refractivity contribution in [2.75, 3.05) is 13.2 Å². The first-order chi connectivity index (χ1) is 20.6. The highest BCUT2D eigenvalue weighted by atomic mass is 32.2. The minimum absolute atomic E-state index is 0.0252. The van der Waals surface area contributed by atoms with Gasteiger partial charge in [0.25, 0.3) is 0 Å². The van der Waals surface area contributed by atoms with Crippen molar-refractivity contribution in [2.24, 2.45) is 0 Å². The largest absolute Gasteiger partial charge is 0.534 e. The first-order valence-corrected chi connectivity index (χ1v) is 15.1. The van der Waals surface area contributed by atoms with Crippen LogP contribution in [-0.4, -0.2) is 63.9 Å². The Morgan fingerprint density at radius 1 is 1.27 bits per heavy atom. The number of benzene rings is 1. The first-order valence-electron chi connectivity index (χ1n) is 12.8. The number of aromatic nitrogens is 3. The molecule has 17 heteroatoms. The van der Waals surface area contributed by atoms with Gasteiger partial charge in [-0.1, -0.05) is 6.58 Å². The number of fused-ring (bicyclic) bond motifs is 2. The van der Waals surface area contributed by atoms with Gasteiger partial charge in [0.2, 0.25) is 11.8 Å². The zero-order valence-electron chi connectivity index (χ0n) is 22.9. The van der Waals surface area contributed by atoms with E-state index in [1.54, 1.807) is 11.6 Å². The van der Waals surface area contributed by atoms with Crippen LogP contribution in [-0.2, 0) is 21.5 Å². The third-order valence-electron chi connectivity index (χ3n) is 6.59. The van der Waals surface area contributed by atoms with E-state index in [-0.39, 0.29) is 70.0 Å². The molecule has 0 spiro atoms. The summed E-state index contributed by atoms with van der Waals surface area (Å²) < 4.78 is 106. The van der Waals surface area contributed by atoms with Crippen molar-refractivity contribution in [1.29, 1.82) is 0 Å². The smallest absolute Gasteiger partial charge is 0.490 e. The molecule has 4 heterocycles. The lowest BCUT2D eigenvalue weighted by Gasteiger charge is -2.31. The summed E-state index contributed by atoms with van der Waals surface area (Å²) >= 11 is 0.894. The Balaban J connectivity index is 1.81. The van der Waals surface area contributed by atoms with Crippen LogP contribution in [0.25, 0.3) is 32.6 Å². The molecule has 1 aromatic carbocycles. The topological polar surface area (TPSA) is 124 Å². The summed E-state index contributed by atoms with van der Waals surface area (Å²) in [6.07, 6.45) is 0.0975. The van der Waals surface area contributed by atoms with E-state index >= 15 is 4.39 Å². The molecule has 0 fully saturated rings. The second-order valence-electron chi connectivity index (χ2n) is 9.95. The predicted octanol–water partition coefficient (Wildman–Crippen LogP) is 5.18. The van der Waals surface area contributed by atoms with Crippen LogP contribution in [0.5, 0.6) is 11.6 Å². The highest BCUT2D eigenvalue weighted by molar-refractivity contribution is 7.88. The maximum Gasteiger partial charge on any atom is 0.534 e. The number of amides is 1. The van der Waals surface area contributed by atoms with Gasteiger partial charge in [0.05, 0.1) is 40.0 Å². The van der Waals surface area contributed by atoms with E-state index in [1.807, 2.05) is 0 Å². The maximum absolute atomic E-state index is 15.7. The summed E-state index contributed by atoms with van der Waals surface area (Å²) in [6.45, 7) is 6.56. The van der Waals surface area contributed by atoms with E-state index < -0.39 is 39.2 Å². The number of alkyl halides is 3. The highest BCUT2D eigenvalue weighted by Gasteiger charge is 2.49. The zero-order chi connectivity index (χ0) is 32.1. The van der Waals surface area contributed by atoms with Gasteiger partial charge in [-0.15, -0.1) is 11.3 Å². The van der Waals surface area contributed by atoms with E-state index in [4.69, 9.17) is 4.74 Å². The number of rotatable bonds is 8. The van der Waals surface area contributed by atoms with Gasteiger partial charge < -0.3 is 18.9 Å². The Morgan fingerprint density at radius 3 is 2.66 bits per heavy atom. The lowest BCUT2D eigenvalue weighted by Crippen LogP contribution is -2.39. The summed E-state index contributed by atoms with van der Waals surface area (Å²) in [5, 5.41) is 15.5. The molecule has 4 aromatic rings. The third kappa shape index (κ3) is 5.73. The van der Waals surface area contributed by atoms with Gasteiger partial charge in [-0.3, -0.25) is 9.48 Å². The van der Waals surface area contributed by atoms with Crippen LogP contribution in [0.1, 0.15) is 25.6 Å². The molecule has 234 valence electrons. The van der Waals surface area contributed by atoms with Crippen molar-refractivity contribution in [2.45, 2.75) is 38.0 Å². The molecule has 0 unspecified atom stereocenters.